The van der Waals surface area contributed by atoms with Gasteiger partial charge in [-0.25, -0.2) is 0 Å². The first-order valence-electron chi connectivity index (χ1n) is 5.70. The third-order valence-corrected chi connectivity index (χ3v) is 3.18. The lowest BCUT2D eigenvalue weighted by Crippen LogP contribution is -2.32. The van der Waals surface area contributed by atoms with E-state index in [1.165, 1.54) is 31.5 Å². The van der Waals surface area contributed by atoms with E-state index in [1.54, 1.807) is 12.1 Å². The van der Waals surface area contributed by atoms with Crippen LogP contribution in [0, 0.1) is 5.92 Å². The van der Waals surface area contributed by atoms with Gasteiger partial charge in [0.05, 0.1) is 0 Å². The lowest BCUT2D eigenvalue weighted by molar-refractivity contribution is 0.209. The Bertz CT molecular complexity index is 307. The van der Waals surface area contributed by atoms with Crippen molar-refractivity contribution in [3.8, 4) is 5.75 Å². The van der Waals surface area contributed by atoms with E-state index >= 15 is 0 Å². The molecule has 1 N–H and O–H groups in total. The summed E-state index contributed by atoms with van der Waals surface area (Å²) in [4.78, 5) is 2.41. The summed E-state index contributed by atoms with van der Waals surface area (Å²) in [5, 5.41) is 9.20. The first kappa shape index (κ1) is 10.5. The Hall–Kier alpha value is -1.02. The second-order valence-corrected chi connectivity index (χ2v) is 4.64. The molecule has 0 aromatic heterocycles. The van der Waals surface area contributed by atoms with Gasteiger partial charge in [0.1, 0.15) is 5.75 Å². The summed E-state index contributed by atoms with van der Waals surface area (Å²) < 4.78 is 0. The van der Waals surface area contributed by atoms with Gasteiger partial charge in [-0.1, -0.05) is 12.1 Å². The largest absolute Gasteiger partial charge is 0.508 e. The standard InChI is InChI=1S/C13H19NO/c1-14-8-2-3-12(10-14)9-11-4-6-13(15)7-5-11/h4-7,12,15H,2-3,8-10H2,1H3. The molecule has 1 atom stereocenters. The summed E-state index contributed by atoms with van der Waals surface area (Å²) in [5.74, 6) is 1.15. The van der Waals surface area contributed by atoms with E-state index in [-0.39, 0.29) is 0 Å². The van der Waals surface area contributed by atoms with E-state index in [1.807, 2.05) is 12.1 Å². The van der Waals surface area contributed by atoms with Crippen LogP contribution in [0.4, 0.5) is 0 Å². The SMILES string of the molecule is CN1CCCC(Cc2ccc(O)cc2)C1. The molecule has 1 aliphatic heterocycles. The number of piperidine rings is 1. The molecule has 2 rings (SSSR count). The minimum atomic E-state index is 0.361. The number of nitrogens with zero attached hydrogens (tertiary/aromatic N) is 1. The van der Waals surface area contributed by atoms with Crippen LogP contribution in [-0.2, 0) is 6.42 Å². The highest BCUT2D eigenvalue weighted by atomic mass is 16.3. The Morgan fingerprint density at radius 2 is 2.07 bits per heavy atom. The van der Waals surface area contributed by atoms with Crippen molar-refractivity contribution < 1.29 is 5.11 Å². The smallest absolute Gasteiger partial charge is 0.115 e. The van der Waals surface area contributed by atoms with E-state index in [2.05, 4.69) is 11.9 Å². The maximum absolute atomic E-state index is 9.20. The van der Waals surface area contributed by atoms with Gasteiger partial charge in [-0.05, 0) is 56.5 Å². The summed E-state index contributed by atoms with van der Waals surface area (Å²) >= 11 is 0. The quantitative estimate of drug-likeness (QED) is 0.800. The van der Waals surface area contributed by atoms with Crippen LogP contribution in [0.1, 0.15) is 18.4 Å². The third-order valence-electron chi connectivity index (χ3n) is 3.18. The molecule has 0 bridgehead atoms. The lowest BCUT2D eigenvalue weighted by Gasteiger charge is -2.29. The molecule has 2 nitrogen and oxygen atoms in total. The van der Waals surface area contributed by atoms with Crippen molar-refractivity contribution in [2.75, 3.05) is 20.1 Å². The Balaban J connectivity index is 1.93. The van der Waals surface area contributed by atoms with Crippen LogP contribution < -0.4 is 0 Å². The molecule has 1 aliphatic rings. The maximum Gasteiger partial charge on any atom is 0.115 e. The molecule has 15 heavy (non-hydrogen) atoms. The molecule has 0 radical (unpaired) electrons. The summed E-state index contributed by atoms with van der Waals surface area (Å²) in [6.07, 6.45) is 3.80. The van der Waals surface area contributed by atoms with Crippen molar-refractivity contribution in [1.29, 1.82) is 0 Å². The summed E-state index contributed by atoms with van der Waals surface area (Å²) in [7, 11) is 2.20. The van der Waals surface area contributed by atoms with Crippen LogP contribution in [0.5, 0.6) is 5.75 Å². The topological polar surface area (TPSA) is 23.5 Å². The average molecular weight is 205 g/mol. The number of phenols is 1. The number of benzene rings is 1. The molecular formula is C13H19NO. The molecule has 1 fully saturated rings. The molecule has 2 heteroatoms. The lowest BCUT2D eigenvalue weighted by atomic mass is 9.91. The van der Waals surface area contributed by atoms with E-state index in [0.29, 0.717) is 5.75 Å². The molecule has 82 valence electrons. The van der Waals surface area contributed by atoms with Crippen LogP contribution in [0.2, 0.25) is 0 Å². The summed E-state index contributed by atoms with van der Waals surface area (Å²) in [6.45, 7) is 2.45. The van der Waals surface area contributed by atoms with Crippen molar-refractivity contribution in [3.63, 3.8) is 0 Å². The number of hydrogen-bond acceptors (Lipinski definition) is 2. The Labute approximate surface area is 91.5 Å². The predicted molar refractivity (Wildman–Crippen MR) is 62.0 cm³/mol. The fraction of sp³-hybridized carbons (Fsp3) is 0.538. The molecule has 0 saturated carbocycles. The van der Waals surface area contributed by atoms with Gasteiger partial charge in [-0.2, -0.15) is 0 Å². The maximum atomic E-state index is 9.20. The van der Waals surface area contributed by atoms with Crippen LogP contribution in [0.15, 0.2) is 24.3 Å². The van der Waals surface area contributed by atoms with E-state index in [4.69, 9.17) is 0 Å². The minimum Gasteiger partial charge on any atom is -0.508 e. The molecule has 1 aromatic carbocycles. The van der Waals surface area contributed by atoms with E-state index < -0.39 is 0 Å². The normalized spacial score (nSPS) is 22.9. The van der Waals surface area contributed by atoms with Crippen molar-refractivity contribution in [2.24, 2.45) is 5.92 Å². The van der Waals surface area contributed by atoms with Gasteiger partial charge in [0.2, 0.25) is 0 Å². The zero-order valence-electron chi connectivity index (χ0n) is 9.32. The van der Waals surface area contributed by atoms with Crippen LogP contribution >= 0.6 is 0 Å². The van der Waals surface area contributed by atoms with Gasteiger partial charge in [0.25, 0.3) is 0 Å². The first-order chi connectivity index (χ1) is 7.24. The van der Waals surface area contributed by atoms with E-state index in [0.717, 1.165) is 12.3 Å². The van der Waals surface area contributed by atoms with Gasteiger partial charge < -0.3 is 10.0 Å². The third kappa shape index (κ3) is 2.96. The number of phenolic OH excluding ortho intramolecular Hbond substituents is 1. The molecule has 1 unspecified atom stereocenters. The van der Waals surface area contributed by atoms with Gasteiger partial charge in [-0.3, -0.25) is 0 Å². The van der Waals surface area contributed by atoms with Gasteiger partial charge in [-0.15, -0.1) is 0 Å². The Kier molecular flexibility index (Phi) is 3.27. The monoisotopic (exact) mass is 205 g/mol. The molecule has 0 spiro atoms. The number of likely N-dealkylation sites (tertiary alicyclic amines) is 1. The second kappa shape index (κ2) is 4.67. The zero-order chi connectivity index (χ0) is 10.7. The molecule has 0 amide bonds. The van der Waals surface area contributed by atoms with Crippen molar-refractivity contribution in [3.05, 3.63) is 29.8 Å². The summed E-state index contributed by atoms with van der Waals surface area (Å²) in [6, 6.07) is 7.62. The van der Waals surface area contributed by atoms with Gasteiger partial charge in [0.15, 0.2) is 0 Å². The van der Waals surface area contributed by atoms with Crippen molar-refractivity contribution in [1.82, 2.24) is 4.90 Å². The zero-order valence-corrected chi connectivity index (χ0v) is 9.32. The second-order valence-electron chi connectivity index (χ2n) is 4.64. The average Bonchev–Trinajstić information content (AvgIpc) is 2.22. The molecular weight excluding hydrogens is 186 g/mol. The molecule has 0 aliphatic carbocycles. The first-order valence-corrected chi connectivity index (χ1v) is 5.70. The van der Waals surface area contributed by atoms with Crippen molar-refractivity contribution in [2.45, 2.75) is 19.3 Å². The van der Waals surface area contributed by atoms with E-state index in [9.17, 15) is 5.11 Å². The highest BCUT2D eigenvalue weighted by Crippen LogP contribution is 2.20. The molecule has 1 heterocycles. The van der Waals surface area contributed by atoms with Gasteiger partial charge in [0, 0.05) is 6.54 Å². The predicted octanol–water partition coefficient (Wildman–Crippen LogP) is 2.28. The number of hydrogen-bond donors (Lipinski definition) is 1. The molecule has 1 aromatic rings. The summed E-state index contributed by atoms with van der Waals surface area (Å²) in [5.41, 5.74) is 1.34. The highest BCUT2D eigenvalue weighted by Gasteiger charge is 2.17. The Morgan fingerprint density at radius 3 is 2.73 bits per heavy atom. The number of rotatable bonds is 2. The van der Waals surface area contributed by atoms with Crippen LogP contribution in [0.25, 0.3) is 0 Å². The fourth-order valence-electron chi connectivity index (χ4n) is 2.41. The molecule has 1 saturated heterocycles. The highest BCUT2D eigenvalue weighted by molar-refractivity contribution is 5.26. The van der Waals surface area contributed by atoms with Crippen LogP contribution in [-0.4, -0.2) is 30.1 Å². The van der Waals surface area contributed by atoms with Crippen LogP contribution in [0.3, 0.4) is 0 Å². The minimum absolute atomic E-state index is 0.361. The van der Waals surface area contributed by atoms with Gasteiger partial charge >= 0.3 is 0 Å². The fourth-order valence-corrected chi connectivity index (χ4v) is 2.41. The van der Waals surface area contributed by atoms with Crippen molar-refractivity contribution >= 4 is 0 Å². The number of aromatic hydroxyl groups is 1. The Morgan fingerprint density at radius 1 is 1.33 bits per heavy atom.